The lowest BCUT2D eigenvalue weighted by Gasteiger charge is -2.26. The third-order valence-electron chi connectivity index (χ3n) is 4.08. The highest BCUT2D eigenvalue weighted by atomic mass is 16.6. The summed E-state index contributed by atoms with van der Waals surface area (Å²) in [5.41, 5.74) is 4.75. The second kappa shape index (κ2) is 4.90. The smallest absolute Gasteiger partial charge is 0.244 e. The van der Waals surface area contributed by atoms with Crippen molar-refractivity contribution >= 4 is 17.1 Å². The Hall–Kier alpha value is -2.23. The number of aromatic hydroxyl groups is 1. The molecule has 1 fully saturated rings. The number of nitrogens with two attached hydrogens (primary N) is 1. The molecule has 1 aliphatic heterocycles. The first-order valence-corrected chi connectivity index (χ1v) is 6.73. The van der Waals surface area contributed by atoms with Crippen molar-refractivity contribution in [3.05, 3.63) is 19.0 Å². The number of hydrogen-bond acceptors (Lipinski definition) is 8. The summed E-state index contributed by atoms with van der Waals surface area (Å²) in [5.74, 6) is -0.805. The van der Waals surface area contributed by atoms with Gasteiger partial charge in [0.05, 0.1) is 19.0 Å². The average molecular weight is 307 g/mol. The van der Waals surface area contributed by atoms with Gasteiger partial charge in [-0.1, -0.05) is 13.0 Å². The summed E-state index contributed by atoms with van der Waals surface area (Å²) in [5, 5.41) is 29.7. The third-order valence-corrected chi connectivity index (χ3v) is 4.08. The molecule has 5 N–H and O–H groups in total. The van der Waals surface area contributed by atoms with Crippen molar-refractivity contribution in [1.82, 2.24) is 19.5 Å². The Balaban J connectivity index is 2.11. The molecule has 118 valence electrons. The molecule has 9 heteroatoms. The van der Waals surface area contributed by atoms with E-state index in [0.29, 0.717) is 0 Å². The van der Waals surface area contributed by atoms with Crippen molar-refractivity contribution in [3.63, 3.8) is 0 Å². The van der Waals surface area contributed by atoms with Gasteiger partial charge >= 0.3 is 0 Å². The number of hydrogen-bond donors (Lipinski definition) is 4. The van der Waals surface area contributed by atoms with E-state index < -0.39 is 24.5 Å². The molecule has 1 aliphatic rings. The van der Waals surface area contributed by atoms with Crippen LogP contribution in [0, 0.1) is 5.92 Å². The van der Waals surface area contributed by atoms with Crippen LogP contribution in [0.1, 0.15) is 13.2 Å². The fourth-order valence-corrected chi connectivity index (χ4v) is 2.78. The SMILES string of the molecule is C=C[C@]1(CO)O[C@@H](n2cnc3c(O)nc(N)nc32)[C@@H](C)[C@@H]1O. The lowest BCUT2D eigenvalue weighted by molar-refractivity contribution is -0.0957. The fourth-order valence-electron chi connectivity index (χ4n) is 2.78. The van der Waals surface area contributed by atoms with Crippen molar-refractivity contribution in [2.75, 3.05) is 12.3 Å². The molecule has 0 radical (unpaired) electrons. The van der Waals surface area contributed by atoms with Gasteiger partial charge in [-0.05, 0) is 0 Å². The lowest BCUT2D eigenvalue weighted by Crippen LogP contribution is -2.42. The van der Waals surface area contributed by atoms with Crippen LogP contribution in [-0.4, -0.2) is 53.2 Å². The zero-order chi connectivity index (χ0) is 16.1. The predicted octanol–water partition coefficient (Wildman–Crippen LogP) is -0.443. The second-order valence-corrected chi connectivity index (χ2v) is 5.36. The summed E-state index contributed by atoms with van der Waals surface area (Å²) >= 11 is 0. The monoisotopic (exact) mass is 307 g/mol. The zero-order valence-electron chi connectivity index (χ0n) is 11.9. The summed E-state index contributed by atoms with van der Waals surface area (Å²) in [6.45, 7) is 4.98. The molecule has 0 spiro atoms. The molecule has 3 rings (SSSR count). The van der Waals surface area contributed by atoms with Crippen LogP contribution in [0.5, 0.6) is 5.88 Å². The molecule has 0 saturated carbocycles. The molecule has 0 amide bonds. The van der Waals surface area contributed by atoms with Crippen LogP contribution in [-0.2, 0) is 4.74 Å². The fraction of sp³-hybridized carbons (Fsp3) is 0.462. The van der Waals surface area contributed by atoms with E-state index in [2.05, 4.69) is 21.5 Å². The van der Waals surface area contributed by atoms with Gasteiger partial charge in [0, 0.05) is 5.92 Å². The molecular formula is C13H17N5O4. The minimum absolute atomic E-state index is 0.102. The summed E-state index contributed by atoms with van der Waals surface area (Å²) < 4.78 is 7.37. The molecule has 2 aromatic rings. The van der Waals surface area contributed by atoms with Crippen molar-refractivity contribution < 1.29 is 20.1 Å². The second-order valence-electron chi connectivity index (χ2n) is 5.36. The first-order chi connectivity index (χ1) is 10.4. The highest BCUT2D eigenvalue weighted by Crippen LogP contribution is 2.43. The molecule has 0 bridgehead atoms. The maximum atomic E-state index is 10.4. The number of aromatic nitrogens is 4. The Kier molecular flexibility index (Phi) is 3.28. The Bertz CT molecular complexity index is 733. The zero-order valence-corrected chi connectivity index (χ0v) is 11.9. The molecule has 9 nitrogen and oxygen atoms in total. The number of anilines is 1. The van der Waals surface area contributed by atoms with Gasteiger partial charge in [-0.15, -0.1) is 6.58 Å². The van der Waals surface area contributed by atoms with Gasteiger partial charge in [0.25, 0.3) is 0 Å². The summed E-state index contributed by atoms with van der Waals surface area (Å²) in [6.07, 6.45) is 1.20. The van der Waals surface area contributed by atoms with Crippen LogP contribution in [0.3, 0.4) is 0 Å². The normalized spacial score (nSPS) is 31.7. The molecule has 0 unspecified atom stereocenters. The van der Waals surface area contributed by atoms with Crippen molar-refractivity contribution in [2.24, 2.45) is 5.92 Å². The van der Waals surface area contributed by atoms with E-state index in [9.17, 15) is 15.3 Å². The minimum atomic E-state index is -1.26. The maximum absolute atomic E-state index is 10.4. The standard InChI is InChI=1S/C13H17N5O4/c1-3-13(4-19)8(20)6(2)11(22-13)18-5-15-7-9(18)16-12(14)17-10(7)21/h3,5-6,8,11,19-20H,1,4H2,2H3,(H3,14,16,17,21)/t6-,8-,11+,13+/m0/s1. The van der Waals surface area contributed by atoms with E-state index in [-0.39, 0.29) is 28.9 Å². The summed E-state index contributed by atoms with van der Waals surface area (Å²) in [4.78, 5) is 11.7. The number of imidazole rings is 1. The van der Waals surface area contributed by atoms with Gasteiger partial charge < -0.3 is 25.8 Å². The predicted molar refractivity (Wildman–Crippen MR) is 76.7 cm³/mol. The Morgan fingerprint density at radius 1 is 1.55 bits per heavy atom. The molecule has 3 heterocycles. The Labute approximate surface area is 125 Å². The Morgan fingerprint density at radius 3 is 2.86 bits per heavy atom. The van der Waals surface area contributed by atoms with Crippen molar-refractivity contribution in [2.45, 2.75) is 24.9 Å². The average Bonchev–Trinajstić information content (AvgIpc) is 3.01. The van der Waals surface area contributed by atoms with E-state index in [1.807, 2.05) is 0 Å². The quantitative estimate of drug-likeness (QED) is 0.559. The van der Waals surface area contributed by atoms with Crippen molar-refractivity contribution in [1.29, 1.82) is 0 Å². The first-order valence-electron chi connectivity index (χ1n) is 6.73. The van der Waals surface area contributed by atoms with Gasteiger partial charge in [-0.3, -0.25) is 4.57 Å². The van der Waals surface area contributed by atoms with Crippen LogP contribution in [0.15, 0.2) is 19.0 Å². The lowest BCUT2D eigenvalue weighted by atomic mass is 9.91. The molecule has 1 saturated heterocycles. The van der Waals surface area contributed by atoms with E-state index in [1.165, 1.54) is 12.4 Å². The number of nitrogen functional groups attached to an aromatic ring is 1. The summed E-state index contributed by atoms with van der Waals surface area (Å²) in [7, 11) is 0. The van der Waals surface area contributed by atoms with Crippen LogP contribution >= 0.6 is 0 Å². The van der Waals surface area contributed by atoms with Crippen LogP contribution < -0.4 is 5.73 Å². The third kappa shape index (κ3) is 1.86. The van der Waals surface area contributed by atoms with E-state index in [4.69, 9.17) is 10.5 Å². The number of rotatable bonds is 3. The van der Waals surface area contributed by atoms with Crippen LogP contribution in [0.2, 0.25) is 0 Å². The largest absolute Gasteiger partial charge is 0.492 e. The minimum Gasteiger partial charge on any atom is -0.492 e. The van der Waals surface area contributed by atoms with Gasteiger partial charge in [-0.2, -0.15) is 9.97 Å². The molecule has 0 aromatic carbocycles. The van der Waals surface area contributed by atoms with Crippen LogP contribution in [0.25, 0.3) is 11.2 Å². The highest BCUT2D eigenvalue weighted by Gasteiger charge is 2.51. The molecule has 0 aliphatic carbocycles. The van der Waals surface area contributed by atoms with E-state index in [1.54, 1.807) is 11.5 Å². The molecule has 4 atom stereocenters. The van der Waals surface area contributed by atoms with Crippen molar-refractivity contribution in [3.8, 4) is 5.88 Å². The number of fused-ring (bicyclic) bond motifs is 1. The maximum Gasteiger partial charge on any atom is 0.244 e. The number of ether oxygens (including phenoxy) is 1. The highest BCUT2D eigenvalue weighted by molar-refractivity contribution is 5.77. The van der Waals surface area contributed by atoms with Gasteiger partial charge in [0.2, 0.25) is 11.8 Å². The Morgan fingerprint density at radius 2 is 2.27 bits per heavy atom. The number of aliphatic hydroxyl groups is 2. The molecule has 22 heavy (non-hydrogen) atoms. The number of aliphatic hydroxyl groups excluding tert-OH is 2. The van der Waals surface area contributed by atoms with E-state index >= 15 is 0 Å². The molecular weight excluding hydrogens is 290 g/mol. The van der Waals surface area contributed by atoms with Gasteiger partial charge in [0.1, 0.15) is 11.8 Å². The van der Waals surface area contributed by atoms with Crippen LogP contribution in [0.4, 0.5) is 5.95 Å². The van der Waals surface area contributed by atoms with E-state index in [0.717, 1.165) is 0 Å². The van der Waals surface area contributed by atoms with Gasteiger partial charge in [-0.25, -0.2) is 4.98 Å². The number of nitrogens with zero attached hydrogens (tertiary/aromatic N) is 4. The molecule has 2 aromatic heterocycles. The first kappa shape index (κ1) is 14.7. The topological polar surface area (TPSA) is 140 Å². The summed E-state index contributed by atoms with van der Waals surface area (Å²) in [6, 6.07) is 0. The van der Waals surface area contributed by atoms with Gasteiger partial charge in [0.15, 0.2) is 11.2 Å².